The molecule has 45 heavy (non-hydrogen) atoms. The minimum absolute atomic E-state index is 0.0228. The Bertz CT molecular complexity index is 1400. The molecule has 11 atom stereocenters. The molecule has 3 fully saturated rings. The van der Waals surface area contributed by atoms with Gasteiger partial charge in [-0.25, -0.2) is 4.57 Å². The van der Waals surface area contributed by atoms with Gasteiger partial charge in [0.25, 0.3) is 0 Å². The summed E-state index contributed by atoms with van der Waals surface area (Å²) in [6.45, 7) is 11.0. The van der Waals surface area contributed by atoms with Crippen molar-refractivity contribution >= 4 is 19.6 Å². The van der Waals surface area contributed by atoms with Crippen LogP contribution in [0.1, 0.15) is 73.0 Å². The molecule has 0 amide bonds. The number of carbonyl (C=O) groups is 2. The number of esters is 1. The van der Waals surface area contributed by atoms with E-state index in [9.17, 15) is 39.3 Å². The third kappa shape index (κ3) is 5.19. The second-order valence-electron chi connectivity index (χ2n) is 14.1. The second kappa shape index (κ2) is 11.4. The molecule has 1 saturated heterocycles. The van der Waals surface area contributed by atoms with Crippen LogP contribution in [-0.2, 0) is 32.9 Å². The Morgan fingerprint density at radius 3 is 2.42 bits per heavy atom. The van der Waals surface area contributed by atoms with Crippen molar-refractivity contribution in [3.8, 4) is 0 Å². The number of carbonyl (C=O) groups excluding carboxylic acids is 2. The van der Waals surface area contributed by atoms with Crippen molar-refractivity contribution in [3.05, 3.63) is 35.3 Å². The van der Waals surface area contributed by atoms with Gasteiger partial charge in [0.1, 0.15) is 23.6 Å². The Kier molecular flexibility index (Phi) is 8.68. The van der Waals surface area contributed by atoms with Crippen molar-refractivity contribution in [2.75, 3.05) is 13.4 Å². The van der Waals surface area contributed by atoms with E-state index in [1.807, 2.05) is 6.92 Å². The maximum Gasteiger partial charge on any atom is 0.471 e. The number of Topliss-reactive ketones (excluding diaryl/α,β-unsaturated/α-hetero) is 1. The fourth-order valence-electron chi connectivity index (χ4n) is 8.76. The molecule has 0 spiro atoms. The molecular weight excluding hydrogens is 611 g/mol. The van der Waals surface area contributed by atoms with Crippen LogP contribution in [-0.4, -0.2) is 85.9 Å². The molecule has 14 heteroatoms. The minimum Gasteiger partial charge on any atom is -0.469 e. The highest BCUT2D eigenvalue weighted by Gasteiger charge is 2.74. The monoisotopic (exact) mass is 656 g/mol. The molecule has 8 unspecified atom stereocenters. The zero-order valence-corrected chi connectivity index (χ0v) is 27.5. The first kappa shape index (κ1) is 34.4. The molecule has 1 aromatic heterocycles. The summed E-state index contributed by atoms with van der Waals surface area (Å²) in [7, 11) is -4.91. The third-order valence-electron chi connectivity index (χ3n) is 11.7. The van der Waals surface area contributed by atoms with Gasteiger partial charge in [-0.1, -0.05) is 34.6 Å². The van der Waals surface area contributed by atoms with Gasteiger partial charge in [0.05, 0.1) is 42.0 Å². The summed E-state index contributed by atoms with van der Waals surface area (Å²) in [5.74, 6) is -3.45. The molecule has 2 bridgehead atoms. The van der Waals surface area contributed by atoms with Crippen LogP contribution in [0.4, 0.5) is 0 Å². The van der Waals surface area contributed by atoms with E-state index in [-0.39, 0.29) is 30.9 Å². The average molecular weight is 657 g/mol. The first-order valence-electron chi connectivity index (χ1n) is 15.3. The van der Waals surface area contributed by atoms with Gasteiger partial charge in [-0.05, 0) is 43.0 Å². The van der Waals surface area contributed by atoms with Crippen LogP contribution in [0, 0.1) is 28.6 Å². The van der Waals surface area contributed by atoms with E-state index in [4.69, 9.17) is 18.6 Å². The van der Waals surface area contributed by atoms with Gasteiger partial charge >= 0.3 is 13.8 Å². The summed E-state index contributed by atoms with van der Waals surface area (Å²) in [5.41, 5.74) is -5.54. The molecule has 2 saturated carbocycles. The van der Waals surface area contributed by atoms with E-state index in [0.29, 0.717) is 11.3 Å². The zero-order valence-electron chi connectivity index (χ0n) is 26.6. The number of aliphatic hydroxyl groups excluding tert-OH is 1. The Morgan fingerprint density at radius 1 is 1.20 bits per heavy atom. The van der Waals surface area contributed by atoms with E-state index >= 15 is 0 Å². The highest BCUT2D eigenvalue weighted by atomic mass is 31.2. The number of fused-ring (bicyclic) bond motifs is 5. The molecule has 0 aromatic carbocycles. The fourth-order valence-corrected chi connectivity index (χ4v) is 8.96. The first-order chi connectivity index (χ1) is 20.7. The molecule has 4 aliphatic rings. The van der Waals surface area contributed by atoms with Crippen LogP contribution >= 0.6 is 7.82 Å². The summed E-state index contributed by atoms with van der Waals surface area (Å²) in [5, 5.41) is 36.7. The molecule has 13 nitrogen and oxygen atoms in total. The van der Waals surface area contributed by atoms with Crippen molar-refractivity contribution < 1.29 is 62.4 Å². The number of phosphoric ester groups is 1. The van der Waals surface area contributed by atoms with Crippen molar-refractivity contribution in [2.45, 2.75) is 103 Å². The average Bonchev–Trinajstić information content (AvgIpc) is 3.49. The van der Waals surface area contributed by atoms with Crippen LogP contribution in [0.3, 0.4) is 0 Å². The van der Waals surface area contributed by atoms with Crippen LogP contribution in [0.25, 0.3) is 0 Å². The Morgan fingerprint density at radius 2 is 1.87 bits per heavy atom. The second-order valence-corrected chi connectivity index (χ2v) is 15.3. The Hall–Kier alpha value is -1.93. The maximum absolute atomic E-state index is 14.6. The predicted molar refractivity (Wildman–Crippen MR) is 156 cm³/mol. The third-order valence-corrected chi connectivity index (χ3v) is 12.1. The summed E-state index contributed by atoms with van der Waals surface area (Å²) < 4.78 is 38.8. The molecule has 252 valence electrons. The number of phosphoric acid groups is 1. The van der Waals surface area contributed by atoms with E-state index in [1.165, 1.54) is 13.2 Å². The van der Waals surface area contributed by atoms with Crippen LogP contribution < -0.4 is 0 Å². The van der Waals surface area contributed by atoms with Crippen LogP contribution in [0.5, 0.6) is 0 Å². The van der Waals surface area contributed by atoms with Crippen molar-refractivity contribution in [3.63, 3.8) is 0 Å². The SMILES string of the molecule is CC1=C2C(O)C(=O)[C@]3(C)C(OCOP(=O)(O)O)CC4OCC4(O)C3C(C)C(O)(CC1OC(=O)[C@H](C)[C@@H](C)c1ccco1)C2(C)C. The van der Waals surface area contributed by atoms with Crippen LogP contribution in [0.2, 0.25) is 0 Å². The lowest BCUT2D eigenvalue weighted by molar-refractivity contribution is -0.341. The lowest BCUT2D eigenvalue weighted by atomic mass is 9.43. The van der Waals surface area contributed by atoms with Gasteiger partial charge < -0.3 is 43.7 Å². The minimum atomic E-state index is -4.91. The summed E-state index contributed by atoms with van der Waals surface area (Å²) >= 11 is 0. The lowest BCUT2D eigenvalue weighted by Gasteiger charge is -2.67. The first-order valence-corrected chi connectivity index (χ1v) is 16.8. The molecule has 0 radical (unpaired) electrons. The van der Waals surface area contributed by atoms with E-state index in [2.05, 4.69) is 4.52 Å². The van der Waals surface area contributed by atoms with E-state index in [1.54, 1.807) is 46.8 Å². The molecule has 1 aromatic rings. The fraction of sp³-hybridized carbons (Fsp3) is 0.742. The van der Waals surface area contributed by atoms with Gasteiger partial charge in [0.2, 0.25) is 0 Å². The number of hydrogen-bond acceptors (Lipinski definition) is 11. The van der Waals surface area contributed by atoms with Crippen molar-refractivity contribution in [2.24, 2.45) is 28.6 Å². The quantitative estimate of drug-likeness (QED) is 0.118. The van der Waals surface area contributed by atoms with Gasteiger partial charge in [-0.15, -0.1) is 0 Å². The van der Waals surface area contributed by atoms with E-state index < -0.39 is 90.6 Å². The van der Waals surface area contributed by atoms with Crippen molar-refractivity contribution in [1.82, 2.24) is 0 Å². The number of ether oxygens (including phenoxy) is 3. The number of rotatable bonds is 8. The Balaban J connectivity index is 1.57. The van der Waals surface area contributed by atoms with Gasteiger partial charge in [-0.2, -0.15) is 0 Å². The largest absolute Gasteiger partial charge is 0.471 e. The number of aliphatic hydroxyl groups is 3. The predicted octanol–water partition coefficient (Wildman–Crippen LogP) is 2.60. The molecular formula is C31H45O13P. The smallest absolute Gasteiger partial charge is 0.469 e. The topological polar surface area (TPSA) is 202 Å². The van der Waals surface area contributed by atoms with Gasteiger partial charge in [0.15, 0.2) is 12.6 Å². The molecule has 1 aliphatic heterocycles. The standard InChI is InChI=1S/C31H45O13P/c1-15(19-9-8-10-40-19)16(2)27(34)44-20-12-31(36)18(4)25-29(7,26(33)24(32)23(17(20)3)28(31,5)6)21(42-14-43-45(37,38)39)11-22-30(25,35)13-41-22/h8-10,15-16,18,20-22,24-25,32,35-36H,11-14H2,1-7H3,(H2,37,38,39)/t15-,16-,18?,20?,21?,22?,24?,25?,29-,30?,31?/m1/s1. The van der Waals surface area contributed by atoms with Gasteiger partial charge in [0, 0.05) is 30.1 Å². The van der Waals surface area contributed by atoms with Gasteiger partial charge in [-0.3, -0.25) is 14.1 Å². The molecule has 2 heterocycles. The number of furan rings is 1. The van der Waals surface area contributed by atoms with E-state index in [0.717, 1.165) is 0 Å². The lowest BCUT2D eigenvalue weighted by Crippen LogP contribution is -2.79. The highest BCUT2D eigenvalue weighted by Crippen LogP contribution is 2.65. The highest BCUT2D eigenvalue weighted by molar-refractivity contribution is 7.46. The van der Waals surface area contributed by atoms with Crippen molar-refractivity contribution in [1.29, 1.82) is 0 Å². The summed E-state index contributed by atoms with van der Waals surface area (Å²) in [4.78, 5) is 46.4. The summed E-state index contributed by atoms with van der Waals surface area (Å²) in [6.07, 6.45) is -3.27. The number of ketones is 1. The molecule has 5 N–H and O–H groups in total. The zero-order chi connectivity index (χ0) is 33.5. The number of hydrogen-bond donors (Lipinski definition) is 5. The maximum atomic E-state index is 14.6. The molecule has 3 aliphatic carbocycles. The summed E-state index contributed by atoms with van der Waals surface area (Å²) in [6, 6.07) is 3.50. The normalized spacial score (nSPS) is 40.8. The van der Waals surface area contributed by atoms with Crippen LogP contribution in [0.15, 0.2) is 34.0 Å². The molecule has 5 rings (SSSR count). The Labute approximate surface area is 262 Å².